The number of amides is 2. The van der Waals surface area contributed by atoms with Crippen molar-refractivity contribution in [3.63, 3.8) is 0 Å². The predicted octanol–water partition coefficient (Wildman–Crippen LogP) is -2.13. The first-order chi connectivity index (χ1) is 8.73. The Morgan fingerprint density at radius 1 is 1.00 bits per heavy atom. The summed E-state index contributed by atoms with van der Waals surface area (Å²) in [5, 5.41) is 19.1. The fourth-order valence-corrected chi connectivity index (χ4v) is 1.77. The Bertz CT molecular complexity index is 388. The second kappa shape index (κ2) is 5.32. The fourth-order valence-electron chi connectivity index (χ4n) is 1.77. The van der Waals surface area contributed by atoms with E-state index in [9.17, 15) is 29.8 Å². The quantitative estimate of drug-likeness (QED) is 0.436. The van der Waals surface area contributed by atoms with E-state index in [1.165, 1.54) is 0 Å². The molecule has 2 unspecified atom stereocenters. The van der Waals surface area contributed by atoms with Gasteiger partial charge in [0.2, 0.25) is 24.1 Å². The highest BCUT2D eigenvalue weighted by molar-refractivity contribution is 5.78. The molecule has 1 aliphatic rings. The van der Waals surface area contributed by atoms with E-state index in [2.05, 4.69) is 0 Å². The molecule has 1 fully saturated rings. The fraction of sp³-hybridized carbons (Fsp3) is 0.714. The number of nitro groups is 2. The van der Waals surface area contributed by atoms with Crippen LogP contribution < -0.4 is 10.9 Å². The number of carbonyl (C=O) groups excluding carboxylic acids is 2. The van der Waals surface area contributed by atoms with Crippen molar-refractivity contribution in [1.82, 2.24) is 20.7 Å². The van der Waals surface area contributed by atoms with E-state index in [4.69, 9.17) is 0 Å². The summed E-state index contributed by atoms with van der Waals surface area (Å²) >= 11 is 0. The summed E-state index contributed by atoms with van der Waals surface area (Å²) in [6.45, 7) is 2.00. The first kappa shape index (κ1) is 14.4. The van der Waals surface area contributed by atoms with Gasteiger partial charge in [-0.3, -0.25) is 19.4 Å². The molecule has 12 heteroatoms. The first-order valence-corrected chi connectivity index (χ1v) is 5.09. The number of nitrogens with zero attached hydrogens (tertiary/aromatic N) is 4. The van der Waals surface area contributed by atoms with Crippen molar-refractivity contribution in [2.75, 3.05) is 6.67 Å². The molecule has 0 bridgehead atoms. The van der Waals surface area contributed by atoms with Crippen molar-refractivity contribution in [3.8, 4) is 0 Å². The summed E-state index contributed by atoms with van der Waals surface area (Å²) in [6.07, 6.45) is -2.66. The molecule has 0 spiro atoms. The van der Waals surface area contributed by atoms with E-state index in [-0.39, 0.29) is 6.67 Å². The van der Waals surface area contributed by atoms with E-state index < -0.39 is 34.2 Å². The summed E-state index contributed by atoms with van der Waals surface area (Å²) in [5.74, 6) is -1.11. The minimum atomic E-state index is -1.33. The Kier molecular flexibility index (Phi) is 4.04. The van der Waals surface area contributed by atoms with Crippen LogP contribution in [0.1, 0.15) is 13.8 Å². The predicted molar refractivity (Wildman–Crippen MR) is 57.7 cm³/mol. The smallest absolute Gasteiger partial charge is 0.222 e. The van der Waals surface area contributed by atoms with E-state index in [1.54, 1.807) is 10.9 Å². The van der Waals surface area contributed by atoms with E-state index in [1.807, 2.05) is 0 Å². The van der Waals surface area contributed by atoms with Gasteiger partial charge < -0.3 is 0 Å². The van der Waals surface area contributed by atoms with Crippen LogP contribution in [0.4, 0.5) is 0 Å². The molecular formula is C7H12N6O6. The van der Waals surface area contributed by atoms with Gasteiger partial charge in [0.05, 0.1) is 0 Å². The molecule has 0 aromatic rings. The van der Waals surface area contributed by atoms with Gasteiger partial charge in [0, 0.05) is 13.8 Å². The number of hydrogen-bond donors (Lipinski definition) is 2. The second-order valence-corrected chi connectivity index (χ2v) is 3.78. The maximum absolute atomic E-state index is 11.4. The zero-order valence-electron chi connectivity index (χ0n) is 10.1. The van der Waals surface area contributed by atoms with Gasteiger partial charge in [0.1, 0.15) is 6.67 Å². The molecule has 12 nitrogen and oxygen atoms in total. The van der Waals surface area contributed by atoms with Crippen LogP contribution in [0.2, 0.25) is 0 Å². The standard InChI is InChI=1S/C7H12N6O6/c1-4(14)10-3-11(5(2)15)7(9-13(18)19)6(10)8-12(16)17/h6-9H,3H2,1-2H3. The highest BCUT2D eigenvalue weighted by Gasteiger charge is 2.47. The van der Waals surface area contributed by atoms with Crippen LogP contribution in [-0.4, -0.2) is 50.7 Å². The van der Waals surface area contributed by atoms with Gasteiger partial charge in [0.15, 0.2) is 10.1 Å². The molecule has 2 N–H and O–H groups in total. The van der Waals surface area contributed by atoms with E-state index in [0.29, 0.717) is 0 Å². The van der Waals surface area contributed by atoms with Crippen LogP contribution in [0, 0.1) is 20.2 Å². The lowest BCUT2D eigenvalue weighted by molar-refractivity contribution is -0.573. The van der Waals surface area contributed by atoms with Crippen molar-refractivity contribution in [2.24, 2.45) is 0 Å². The van der Waals surface area contributed by atoms with Gasteiger partial charge in [0.25, 0.3) is 0 Å². The molecule has 0 saturated carbocycles. The minimum absolute atomic E-state index is 0.276. The third-order valence-corrected chi connectivity index (χ3v) is 2.56. The van der Waals surface area contributed by atoms with Crippen molar-refractivity contribution >= 4 is 11.8 Å². The largest absolute Gasteiger partial charge is 0.296 e. The van der Waals surface area contributed by atoms with Gasteiger partial charge in [-0.25, -0.2) is 20.2 Å². The highest BCUT2D eigenvalue weighted by Crippen LogP contribution is 2.17. The van der Waals surface area contributed by atoms with Crippen LogP contribution in [0.5, 0.6) is 0 Å². The molecule has 1 aliphatic heterocycles. The Balaban J connectivity index is 3.06. The molecule has 0 aromatic heterocycles. The van der Waals surface area contributed by atoms with Crippen LogP contribution in [0.25, 0.3) is 0 Å². The zero-order chi connectivity index (χ0) is 14.7. The van der Waals surface area contributed by atoms with Gasteiger partial charge in [-0.1, -0.05) is 0 Å². The highest BCUT2D eigenvalue weighted by atomic mass is 16.7. The molecule has 1 saturated heterocycles. The van der Waals surface area contributed by atoms with E-state index >= 15 is 0 Å². The second-order valence-electron chi connectivity index (χ2n) is 3.78. The number of hydrazine groups is 2. The van der Waals surface area contributed by atoms with Crippen LogP contribution in [-0.2, 0) is 9.59 Å². The Morgan fingerprint density at radius 3 is 1.53 bits per heavy atom. The first-order valence-electron chi connectivity index (χ1n) is 5.09. The van der Waals surface area contributed by atoms with Crippen molar-refractivity contribution in [3.05, 3.63) is 20.2 Å². The summed E-state index contributed by atoms with van der Waals surface area (Å²) in [6, 6.07) is 0. The summed E-state index contributed by atoms with van der Waals surface area (Å²) in [5.41, 5.74) is 3.56. The van der Waals surface area contributed by atoms with Gasteiger partial charge >= 0.3 is 0 Å². The average Bonchev–Trinajstić information content (AvgIpc) is 2.56. The monoisotopic (exact) mass is 276 g/mol. The zero-order valence-corrected chi connectivity index (χ0v) is 10.1. The van der Waals surface area contributed by atoms with Crippen molar-refractivity contribution in [1.29, 1.82) is 0 Å². The maximum Gasteiger partial charge on any atom is 0.222 e. The lowest BCUT2D eigenvalue weighted by Gasteiger charge is -2.21. The molecule has 2 atom stereocenters. The molecule has 0 aliphatic carbocycles. The number of hydrogen-bond acceptors (Lipinski definition) is 6. The van der Waals surface area contributed by atoms with E-state index in [0.717, 1.165) is 23.6 Å². The minimum Gasteiger partial charge on any atom is -0.296 e. The Hall–Kier alpha value is -2.66. The summed E-state index contributed by atoms with van der Waals surface area (Å²) < 4.78 is 0. The third-order valence-electron chi connectivity index (χ3n) is 2.56. The summed E-state index contributed by atoms with van der Waals surface area (Å²) in [7, 11) is 0. The van der Waals surface area contributed by atoms with Gasteiger partial charge in [-0.15, -0.1) is 10.9 Å². The molecule has 1 heterocycles. The SMILES string of the molecule is CC(=O)N1CN(C(C)=O)C(N[N+](=O)[O-])C1N[N+](=O)[O-]. The molecule has 19 heavy (non-hydrogen) atoms. The Morgan fingerprint density at radius 2 is 1.32 bits per heavy atom. The van der Waals surface area contributed by atoms with Gasteiger partial charge in [-0.2, -0.15) is 0 Å². The van der Waals surface area contributed by atoms with Crippen LogP contribution in [0.3, 0.4) is 0 Å². The normalized spacial score (nSPS) is 22.0. The lowest BCUT2D eigenvalue weighted by atomic mass is 10.3. The lowest BCUT2D eigenvalue weighted by Crippen LogP contribution is -2.58. The molecule has 0 aromatic carbocycles. The van der Waals surface area contributed by atoms with Crippen molar-refractivity contribution < 1.29 is 19.7 Å². The molecular weight excluding hydrogens is 264 g/mol. The molecule has 2 amide bonds. The number of nitrogens with one attached hydrogen (secondary N) is 2. The third kappa shape index (κ3) is 3.17. The van der Waals surface area contributed by atoms with Gasteiger partial charge in [-0.05, 0) is 0 Å². The summed E-state index contributed by atoms with van der Waals surface area (Å²) in [4.78, 5) is 45.6. The molecule has 106 valence electrons. The Labute approximate surface area is 106 Å². The topological polar surface area (TPSA) is 151 Å². The average molecular weight is 276 g/mol. The molecule has 0 radical (unpaired) electrons. The molecule has 1 rings (SSSR count). The van der Waals surface area contributed by atoms with Crippen LogP contribution >= 0.6 is 0 Å². The number of rotatable bonds is 4. The maximum atomic E-state index is 11.4. The van der Waals surface area contributed by atoms with Crippen LogP contribution in [0.15, 0.2) is 0 Å². The number of carbonyl (C=O) groups is 2. The van der Waals surface area contributed by atoms with Crippen molar-refractivity contribution in [2.45, 2.75) is 26.2 Å².